The van der Waals surface area contributed by atoms with Crippen molar-refractivity contribution in [1.29, 1.82) is 0 Å². The predicted molar refractivity (Wildman–Crippen MR) is 101 cm³/mol. The molecule has 7 heteroatoms. The average Bonchev–Trinajstić information content (AvgIpc) is 3.09. The van der Waals surface area contributed by atoms with Crippen LogP contribution in [0.1, 0.15) is 17.8 Å². The smallest absolute Gasteiger partial charge is 0.242 e. The zero-order valence-electron chi connectivity index (χ0n) is 16.4. The molecular formula is C19H33N5O2. The molecule has 1 aromatic heterocycles. The molecule has 2 saturated heterocycles. The summed E-state index contributed by atoms with van der Waals surface area (Å²) in [6.07, 6.45) is 2.93. The first-order valence-electron chi connectivity index (χ1n) is 9.75. The minimum Gasteiger partial charge on any atom is -0.396 e. The zero-order valence-corrected chi connectivity index (χ0v) is 16.4. The maximum atomic E-state index is 12.7. The average molecular weight is 364 g/mol. The highest BCUT2D eigenvalue weighted by Crippen LogP contribution is 2.25. The number of rotatable bonds is 5. The highest BCUT2D eigenvalue weighted by Gasteiger charge is 2.35. The number of likely N-dealkylation sites (N-methyl/N-ethyl adjacent to an activating group) is 1. The van der Waals surface area contributed by atoms with Crippen LogP contribution in [0.3, 0.4) is 0 Å². The third-order valence-corrected chi connectivity index (χ3v) is 6.12. The number of aryl methyl sites for hydroxylation is 1. The molecule has 0 aliphatic carbocycles. The monoisotopic (exact) mass is 363 g/mol. The largest absolute Gasteiger partial charge is 0.396 e. The van der Waals surface area contributed by atoms with Crippen molar-refractivity contribution in [3.63, 3.8) is 0 Å². The molecule has 2 fully saturated rings. The highest BCUT2D eigenvalue weighted by atomic mass is 16.3. The fourth-order valence-corrected chi connectivity index (χ4v) is 4.12. The molecule has 146 valence electrons. The molecular weight excluding hydrogens is 330 g/mol. The van der Waals surface area contributed by atoms with Crippen LogP contribution in [0.2, 0.25) is 0 Å². The topological polar surface area (TPSA) is 64.8 Å². The molecule has 0 saturated carbocycles. The first-order valence-corrected chi connectivity index (χ1v) is 9.75. The van der Waals surface area contributed by atoms with Crippen LogP contribution < -0.4 is 0 Å². The number of carbonyl (C=O) groups excluding carboxylic acids is 1. The van der Waals surface area contributed by atoms with Gasteiger partial charge in [0, 0.05) is 50.9 Å². The Kier molecular flexibility index (Phi) is 6.32. The Morgan fingerprint density at radius 1 is 1.19 bits per heavy atom. The number of nitrogens with zero attached hydrogens (tertiary/aromatic N) is 5. The first-order chi connectivity index (χ1) is 12.5. The molecule has 2 aliphatic heterocycles. The molecule has 7 nitrogen and oxygen atoms in total. The maximum absolute atomic E-state index is 12.7. The number of aliphatic hydroxyl groups excluding tert-OH is 1. The second-order valence-electron chi connectivity index (χ2n) is 8.00. The van der Waals surface area contributed by atoms with Crippen LogP contribution >= 0.6 is 0 Å². The molecule has 0 unspecified atom stereocenters. The third kappa shape index (κ3) is 4.45. The lowest BCUT2D eigenvalue weighted by Gasteiger charge is -2.26. The van der Waals surface area contributed by atoms with Gasteiger partial charge in [0.05, 0.1) is 12.0 Å². The van der Waals surface area contributed by atoms with E-state index < -0.39 is 0 Å². The Hall–Kier alpha value is -1.44. The fraction of sp³-hybridized carbons (Fsp3) is 0.789. The maximum Gasteiger partial charge on any atom is 0.242 e. The summed E-state index contributed by atoms with van der Waals surface area (Å²) in [4.78, 5) is 23.8. The molecule has 2 aliphatic rings. The molecule has 3 heterocycles. The Bertz CT molecular complexity index is 617. The van der Waals surface area contributed by atoms with Crippen molar-refractivity contribution in [1.82, 2.24) is 24.3 Å². The lowest BCUT2D eigenvalue weighted by Crippen LogP contribution is -2.37. The molecule has 1 amide bonds. The number of imidazole rings is 1. The first kappa shape index (κ1) is 19.3. The van der Waals surface area contributed by atoms with Crippen molar-refractivity contribution in [2.75, 3.05) is 59.5 Å². The second-order valence-corrected chi connectivity index (χ2v) is 8.00. The van der Waals surface area contributed by atoms with Gasteiger partial charge in [-0.1, -0.05) is 0 Å². The summed E-state index contributed by atoms with van der Waals surface area (Å²) in [7, 11) is 2.18. The summed E-state index contributed by atoms with van der Waals surface area (Å²) in [6.45, 7) is 11.3. The van der Waals surface area contributed by atoms with Gasteiger partial charge >= 0.3 is 0 Å². The summed E-state index contributed by atoms with van der Waals surface area (Å²) in [6, 6.07) is 0. The standard InChI is InChI=1S/C19H33N5O2/c1-15-16(2)24(14-20-15)12-19(26)23-10-17(18(11-23)13-25)9-22-6-4-5-21(3)7-8-22/h14,17-18,25H,4-13H2,1-3H3/t17-,18-/m1/s1. The Morgan fingerprint density at radius 3 is 2.65 bits per heavy atom. The number of hydrogen-bond acceptors (Lipinski definition) is 5. The quantitative estimate of drug-likeness (QED) is 0.810. The summed E-state index contributed by atoms with van der Waals surface area (Å²) < 4.78 is 1.92. The Morgan fingerprint density at radius 2 is 1.96 bits per heavy atom. The van der Waals surface area contributed by atoms with Gasteiger partial charge in [0.2, 0.25) is 5.91 Å². The SMILES string of the molecule is Cc1ncn(CC(=O)N2C[C@@H](CN3CCCN(C)CC3)[C@@H](CO)C2)c1C. The van der Waals surface area contributed by atoms with E-state index in [4.69, 9.17) is 0 Å². The number of aliphatic hydroxyl groups is 1. The Balaban J connectivity index is 1.57. The lowest BCUT2D eigenvalue weighted by atomic mass is 9.96. The fourth-order valence-electron chi connectivity index (χ4n) is 4.12. The van der Waals surface area contributed by atoms with Crippen LogP contribution in [0.25, 0.3) is 0 Å². The van der Waals surface area contributed by atoms with E-state index in [2.05, 4.69) is 21.8 Å². The number of aromatic nitrogens is 2. The van der Waals surface area contributed by atoms with Crippen molar-refractivity contribution in [3.8, 4) is 0 Å². The summed E-state index contributed by atoms with van der Waals surface area (Å²) >= 11 is 0. The van der Waals surface area contributed by atoms with Gasteiger partial charge in [-0.25, -0.2) is 4.98 Å². The normalized spacial score (nSPS) is 25.6. The van der Waals surface area contributed by atoms with Crippen LogP contribution in [0.5, 0.6) is 0 Å². The summed E-state index contributed by atoms with van der Waals surface area (Å²) in [5.41, 5.74) is 2.01. The van der Waals surface area contributed by atoms with Crippen molar-refractivity contribution < 1.29 is 9.90 Å². The minimum absolute atomic E-state index is 0.127. The molecule has 26 heavy (non-hydrogen) atoms. The van der Waals surface area contributed by atoms with Gasteiger partial charge in [-0.05, 0) is 46.3 Å². The van der Waals surface area contributed by atoms with Crippen molar-refractivity contribution in [3.05, 3.63) is 17.7 Å². The summed E-state index contributed by atoms with van der Waals surface area (Å²) in [5, 5.41) is 9.82. The van der Waals surface area contributed by atoms with Gasteiger partial charge < -0.3 is 24.4 Å². The minimum atomic E-state index is 0.127. The van der Waals surface area contributed by atoms with E-state index in [0.29, 0.717) is 19.0 Å². The number of hydrogen-bond donors (Lipinski definition) is 1. The molecule has 3 rings (SSSR count). The van der Waals surface area contributed by atoms with Gasteiger partial charge in [-0.2, -0.15) is 0 Å². The lowest BCUT2D eigenvalue weighted by molar-refractivity contribution is -0.131. The molecule has 0 spiro atoms. The van der Waals surface area contributed by atoms with Crippen molar-refractivity contribution in [2.24, 2.45) is 11.8 Å². The van der Waals surface area contributed by atoms with Crippen LogP contribution in [0.4, 0.5) is 0 Å². The number of carbonyl (C=O) groups is 1. The van der Waals surface area contributed by atoms with Crippen LogP contribution in [0.15, 0.2) is 6.33 Å². The molecule has 2 atom stereocenters. The van der Waals surface area contributed by atoms with E-state index in [1.54, 1.807) is 6.33 Å². The Labute approximate surface area is 156 Å². The van der Waals surface area contributed by atoms with Crippen LogP contribution in [-0.4, -0.2) is 94.7 Å². The van der Waals surface area contributed by atoms with E-state index in [-0.39, 0.29) is 18.4 Å². The van der Waals surface area contributed by atoms with Gasteiger partial charge in [-0.15, -0.1) is 0 Å². The third-order valence-electron chi connectivity index (χ3n) is 6.12. The zero-order chi connectivity index (χ0) is 18.7. The van der Waals surface area contributed by atoms with Gasteiger partial charge in [0.25, 0.3) is 0 Å². The van der Waals surface area contributed by atoms with Crippen LogP contribution in [0, 0.1) is 25.7 Å². The van der Waals surface area contributed by atoms with E-state index in [1.165, 1.54) is 6.42 Å². The molecule has 0 bridgehead atoms. The van der Waals surface area contributed by atoms with Crippen molar-refractivity contribution in [2.45, 2.75) is 26.8 Å². The van der Waals surface area contributed by atoms with E-state index in [0.717, 1.165) is 50.7 Å². The van der Waals surface area contributed by atoms with Gasteiger partial charge in [-0.3, -0.25) is 4.79 Å². The second kappa shape index (κ2) is 8.50. The molecule has 1 N–H and O–H groups in total. The van der Waals surface area contributed by atoms with Gasteiger partial charge in [0.1, 0.15) is 6.54 Å². The number of amides is 1. The van der Waals surface area contributed by atoms with Crippen LogP contribution in [-0.2, 0) is 11.3 Å². The van der Waals surface area contributed by atoms with Gasteiger partial charge in [0.15, 0.2) is 0 Å². The molecule has 0 radical (unpaired) electrons. The van der Waals surface area contributed by atoms with Crippen molar-refractivity contribution >= 4 is 5.91 Å². The van der Waals surface area contributed by atoms with E-state index in [9.17, 15) is 9.90 Å². The molecule has 0 aromatic carbocycles. The van der Waals surface area contributed by atoms with E-state index >= 15 is 0 Å². The highest BCUT2D eigenvalue weighted by molar-refractivity contribution is 5.76. The summed E-state index contributed by atoms with van der Waals surface area (Å²) in [5.74, 6) is 0.672. The predicted octanol–water partition coefficient (Wildman–Crippen LogP) is 0.204. The number of likely N-dealkylation sites (tertiary alicyclic amines) is 1. The van der Waals surface area contributed by atoms with E-state index in [1.807, 2.05) is 23.3 Å². The molecule has 1 aromatic rings.